The molecule has 2 fully saturated rings. The van der Waals surface area contributed by atoms with E-state index >= 15 is 0 Å². The fourth-order valence-electron chi connectivity index (χ4n) is 4.93. The Bertz CT molecular complexity index is 628. The molecule has 2 aliphatic heterocycles. The third-order valence-corrected chi connectivity index (χ3v) is 12.2. The minimum atomic E-state index is -2.07. The van der Waals surface area contributed by atoms with Gasteiger partial charge in [0, 0.05) is 0 Å². The van der Waals surface area contributed by atoms with Crippen LogP contribution in [0.25, 0.3) is 0 Å². The Morgan fingerprint density at radius 1 is 1.23 bits per heavy atom. The number of ether oxygens (including phenoxy) is 1. The van der Waals surface area contributed by atoms with E-state index in [-0.39, 0.29) is 30.5 Å². The summed E-state index contributed by atoms with van der Waals surface area (Å²) < 4.78 is 19.4. The number of rotatable bonds is 6. The van der Waals surface area contributed by atoms with Gasteiger partial charge in [-0.15, -0.1) is 0 Å². The first-order valence-corrected chi connectivity index (χ1v) is 19.9. The van der Waals surface area contributed by atoms with Crippen molar-refractivity contribution in [2.45, 2.75) is 58.5 Å². The van der Waals surface area contributed by atoms with E-state index in [2.05, 4.69) is 44.0 Å². The molecule has 2 bridgehead atoms. The number of benzene rings is 1. The van der Waals surface area contributed by atoms with Gasteiger partial charge < -0.3 is 0 Å². The predicted molar refractivity (Wildman–Crippen MR) is 106 cm³/mol. The number of piperidine rings is 1. The molecule has 1 aromatic carbocycles. The number of fused-ring (bicyclic) bond motifs is 2. The number of carbonyl (C=O) groups excluding carboxylic acids is 1. The van der Waals surface area contributed by atoms with Crippen molar-refractivity contribution in [2.75, 3.05) is 20.3 Å². The van der Waals surface area contributed by atoms with E-state index in [1.54, 1.807) is 0 Å². The summed E-state index contributed by atoms with van der Waals surface area (Å²) in [5, 5.41) is 0. The van der Waals surface area contributed by atoms with Crippen LogP contribution in [0.1, 0.15) is 37.2 Å². The van der Waals surface area contributed by atoms with E-state index in [0.717, 1.165) is 25.8 Å². The minimum absolute atomic E-state index is 0.107. The molecule has 5 heteroatoms. The summed E-state index contributed by atoms with van der Waals surface area (Å²) in [6, 6.07) is 9.73. The van der Waals surface area contributed by atoms with Crippen LogP contribution in [0.5, 0.6) is 0 Å². The number of esters is 1. The summed E-state index contributed by atoms with van der Waals surface area (Å²) in [4.78, 5) is 22.3. The number of nitrogens with zero attached hydrogens (tertiary/aromatic N) is 1. The molecule has 4 atom stereocenters. The zero-order valence-corrected chi connectivity index (χ0v) is 19.4. The molecule has 2 unspecified atom stereocenters. The van der Waals surface area contributed by atoms with Crippen molar-refractivity contribution in [1.82, 2.24) is 4.90 Å². The van der Waals surface area contributed by atoms with Crippen LogP contribution in [-0.4, -0.2) is 61.7 Å². The van der Waals surface area contributed by atoms with E-state index in [4.69, 9.17) is 4.74 Å². The standard InChI is InChI=1S/C18H23FNO2.3CH3.Sn/c1-22-18(21)17-15(13-6-3-2-4-7-13)12-14-8-9-16(17)20(14)11-5-10-19;;;;/h3-4,6-7,14-17H,5,8-12H2,1H3;3*1H3;/t14-,15?,16?,17+;;;;/m1..../s1. The Hall–Kier alpha value is -0.621. The van der Waals surface area contributed by atoms with Gasteiger partial charge in [0.1, 0.15) is 0 Å². The molecule has 0 N–H and O–H groups in total. The van der Waals surface area contributed by atoms with E-state index in [0.29, 0.717) is 12.5 Å². The van der Waals surface area contributed by atoms with Crippen LogP contribution in [0, 0.1) is 5.92 Å². The van der Waals surface area contributed by atoms with Gasteiger partial charge in [-0.2, -0.15) is 0 Å². The number of hydrogen-bond donors (Lipinski definition) is 0. The summed E-state index contributed by atoms with van der Waals surface area (Å²) in [5.74, 6) is -0.0298. The van der Waals surface area contributed by atoms with Crippen molar-refractivity contribution in [2.24, 2.45) is 5.92 Å². The number of hydrogen-bond acceptors (Lipinski definition) is 3. The van der Waals surface area contributed by atoms with E-state index in [1.165, 1.54) is 16.3 Å². The first-order valence-electron chi connectivity index (χ1n) is 9.86. The molecule has 0 radical (unpaired) electrons. The second kappa shape index (κ2) is 8.17. The van der Waals surface area contributed by atoms with Gasteiger partial charge >= 0.3 is 161 Å². The molecule has 0 aliphatic carbocycles. The molecule has 26 heavy (non-hydrogen) atoms. The summed E-state index contributed by atoms with van der Waals surface area (Å²) in [6.07, 6.45) is 3.65. The average Bonchev–Trinajstić information content (AvgIpc) is 2.89. The van der Waals surface area contributed by atoms with Crippen LogP contribution in [0.4, 0.5) is 4.39 Å². The van der Waals surface area contributed by atoms with Gasteiger partial charge in [-0.05, 0) is 0 Å². The molecule has 2 saturated heterocycles. The molecule has 2 aliphatic rings. The number of alkyl halides is 1. The average molecular weight is 468 g/mol. The van der Waals surface area contributed by atoms with Gasteiger partial charge in [-0.3, -0.25) is 0 Å². The van der Waals surface area contributed by atoms with Crippen molar-refractivity contribution < 1.29 is 13.9 Å². The Morgan fingerprint density at radius 2 is 1.92 bits per heavy atom. The van der Waals surface area contributed by atoms with Gasteiger partial charge in [0.25, 0.3) is 0 Å². The predicted octanol–water partition coefficient (Wildman–Crippen LogP) is 3.70. The molecule has 0 spiro atoms. The van der Waals surface area contributed by atoms with Crippen LogP contribution < -0.4 is 3.58 Å². The second-order valence-corrected chi connectivity index (χ2v) is 23.3. The zero-order chi connectivity index (χ0) is 18.9. The topological polar surface area (TPSA) is 29.5 Å². The first kappa shape index (κ1) is 20.1. The Labute approximate surface area is 161 Å². The van der Waals surface area contributed by atoms with Gasteiger partial charge in [0.15, 0.2) is 0 Å². The van der Waals surface area contributed by atoms with Crippen molar-refractivity contribution in [3.8, 4) is 0 Å². The summed E-state index contributed by atoms with van der Waals surface area (Å²) in [7, 11) is 1.49. The SMILES string of the molecule is COC(=O)[C@H]1C(c2cc[c]([Sn]([CH3])([CH3])[CH3])cc2)C[C@H]2CCC1N2CCCF. The first-order chi connectivity index (χ1) is 12.4. The summed E-state index contributed by atoms with van der Waals surface area (Å²) in [5.41, 5.74) is 1.27. The summed E-state index contributed by atoms with van der Waals surface area (Å²) in [6.45, 7) is 0.464. The second-order valence-electron chi connectivity index (χ2n) is 8.84. The molecular formula is C21H32FNO2Sn. The van der Waals surface area contributed by atoms with E-state index < -0.39 is 18.4 Å². The monoisotopic (exact) mass is 469 g/mol. The Morgan fingerprint density at radius 3 is 2.50 bits per heavy atom. The number of halogens is 1. The third kappa shape index (κ3) is 3.96. The van der Waals surface area contributed by atoms with Gasteiger partial charge in [-0.1, -0.05) is 0 Å². The normalized spacial score (nSPS) is 29.0. The molecular weight excluding hydrogens is 436 g/mol. The maximum absolute atomic E-state index is 12.7. The van der Waals surface area contributed by atoms with Crippen molar-refractivity contribution in [3.63, 3.8) is 0 Å². The van der Waals surface area contributed by atoms with Crippen LogP contribution in [0.2, 0.25) is 14.8 Å². The van der Waals surface area contributed by atoms with Crippen LogP contribution >= 0.6 is 0 Å². The Balaban J connectivity index is 1.88. The maximum atomic E-state index is 12.7. The molecule has 3 rings (SSSR count). The molecule has 2 heterocycles. The third-order valence-electron chi connectivity index (χ3n) is 6.29. The van der Waals surface area contributed by atoms with Gasteiger partial charge in [0.2, 0.25) is 0 Å². The van der Waals surface area contributed by atoms with Crippen LogP contribution in [0.3, 0.4) is 0 Å². The fraction of sp³-hybridized carbons (Fsp3) is 0.667. The number of methoxy groups -OCH3 is 1. The van der Waals surface area contributed by atoms with Crippen LogP contribution in [-0.2, 0) is 9.53 Å². The molecule has 144 valence electrons. The molecule has 1 aromatic rings. The zero-order valence-electron chi connectivity index (χ0n) is 16.5. The quantitative estimate of drug-likeness (QED) is 0.472. The van der Waals surface area contributed by atoms with E-state index in [1.807, 2.05) is 0 Å². The Kier molecular flexibility index (Phi) is 6.32. The fourth-order valence-corrected chi connectivity index (χ4v) is 8.26. The van der Waals surface area contributed by atoms with Crippen molar-refractivity contribution in [3.05, 3.63) is 29.8 Å². The molecule has 0 saturated carbocycles. The van der Waals surface area contributed by atoms with Crippen LogP contribution in [0.15, 0.2) is 24.3 Å². The van der Waals surface area contributed by atoms with Crippen molar-refractivity contribution in [1.29, 1.82) is 0 Å². The summed E-state index contributed by atoms with van der Waals surface area (Å²) >= 11 is -2.07. The molecule has 0 amide bonds. The van der Waals surface area contributed by atoms with Gasteiger partial charge in [-0.25, -0.2) is 0 Å². The molecule has 3 nitrogen and oxygen atoms in total. The van der Waals surface area contributed by atoms with Crippen molar-refractivity contribution >= 4 is 27.9 Å². The number of carbonyl (C=O) groups is 1. The molecule has 0 aromatic heterocycles. The van der Waals surface area contributed by atoms with E-state index in [9.17, 15) is 9.18 Å². The van der Waals surface area contributed by atoms with Gasteiger partial charge in [0.05, 0.1) is 0 Å².